The minimum atomic E-state index is -2.72. The van der Waals surface area contributed by atoms with Crippen molar-refractivity contribution in [1.29, 1.82) is 0 Å². The van der Waals surface area contributed by atoms with Crippen LogP contribution in [0.15, 0.2) is 240 Å². The highest BCUT2D eigenvalue weighted by Crippen LogP contribution is 2.63. The molecule has 0 atom stereocenters. The Kier molecular flexibility index (Phi) is 7.15. The molecule has 4 aliphatic heterocycles. The monoisotopic (exact) mass is 858 g/mol. The van der Waals surface area contributed by atoms with Gasteiger partial charge in [-0.25, -0.2) is 0 Å². The number of para-hydroxylation sites is 3. The van der Waals surface area contributed by atoms with E-state index >= 15 is 0 Å². The van der Waals surface area contributed by atoms with Gasteiger partial charge >= 0.3 is 0 Å². The SMILES string of the molecule is c1ccc(-n2c3ccccc3c3cc4c(cc32)N(c2ccc3c(c2)[Si]2(c5ccccc5-c5ccccc52)c2ccccc2-3)c2ccccc2C42c3ccccc3Sc3ccccc32)cc1. The van der Waals surface area contributed by atoms with E-state index < -0.39 is 13.5 Å². The van der Waals surface area contributed by atoms with E-state index in [2.05, 4.69) is 240 Å². The lowest BCUT2D eigenvalue weighted by Gasteiger charge is -2.49. The molecule has 1 aromatic heterocycles. The molecule has 65 heavy (non-hydrogen) atoms. The van der Waals surface area contributed by atoms with Crippen molar-refractivity contribution in [2.24, 2.45) is 0 Å². The Morgan fingerprint density at radius 3 is 1.55 bits per heavy atom. The van der Waals surface area contributed by atoms with E-state index in [1.54, 1.807) is 0 Å². The Labute approximate surface area is 382 Å². The van der Waals surface area contributed by atoms with Crippen molar-refractivity contribution in [1.82, 2.24) is 4.57 Å². The fourth-order valence-electron chi connectivity index (χ4n) is 12.7. The second kappa shape index (κ2) is 13.0. The summed E-state index contributed by atoms with van der Waals surface area (Å²) < 4.78 is 2.47. The van der Waals surface area contributed by atoms with Crippen LogP contribution in [0.1, 0.15) is 22.3 Å². The molecular weight excluding hydrogens is 821 g/mol. The number of fused-ring (bicyclic) bond motifs is 21. The molecule has 2 nitrogen and oxygen atoms in total. The van der Waals surface area contributed by atoms with Gasteiger partial charge in [-0.3, -0.25) is 0 Å². The average Bonchev–Trinajstić information content (AvgIpc) is 3.97. The quantitative estimate of drug-likeness (QED) is 0.160. The first-order chi connectivity index (χ1) is 32.3. The molecule has 15 rings (SSSR count). The van der Waals surface area contributed by atoms with E-state index in [-0.39, 0.29) is 0 Å². The number of hydrogen-bond acceptors (Lipinski definition) is 2. The highest BCUT2D eigenvalue weighted by atomic mass is 32.2. The lowest BCUT2D eigenvalue weighted by Crippen LogP contribution is -2.70. The summed E-state index contributed by atoms with van der Waals surface area (Å²) in [6.45, 7) is 0. The molecule has 0 aliphatic carbocycles. The number of hydrogen-bond donors (Lipinski definition) is 0. The van der Waals surface area contributed by atoms with Gasteiger partial charge in [0.25, 0.3) is 0 Å². The van der Waals surface area contributed by atoms with Gasteiger partial charge in [0.1, 0.15) is 0 Å². The fourth-order valence-corrected chi connectivity index (χ4v) is 19.5. The molecule has 4 heteroatoms. The van der Waals surface area contributed by atoms with Crippen LogP contribution in [0.3, 0.4) is 0 Å². The highest BCUT2D eigenvalue weighted by Gasteiger charge is 2.55. The normalized spacial score (nSPS) is 14.9. The maximum absolute atomic E-state index is 2.72. The van der Waals surface area contributed by atoms with E-state index in [0.29, 0.717) is 0 Å². The Morgan fingerprint density at radius 2 is 0.877 bits per heavy atom. The van der Waals surface area contributed by atoms with Crippen LogP contribution in [-0.2, 0) is 5.41 Å². The van der Waals surface area contributed by atoms with Gasteiger partial charge in [-0.1, -0.05) is 182 Å². The number of benzene rings is 10. The van der Waals surface area contributed by atoms with Crippen LogP contribution in [0.25, 0.3) is 49.7 Å². The Balaban J connectivity index is 1.09. The van der Waals surface area contributed by atoms with Gasteiger partial charge in [0.15, 0.2) is 8.07 Å². The van der Waals surface area contributed by atoms with E-state index in [9.17, 15) is 0 Å². The fraction of sp³-hybridized carbons (Fsp3) is 0.0164. The smallest absolute Gasteiger partial charge is 0.182 e. The first-order valence-corrected chi connectivity index (χ1v) is 25.4. The van der Waals surface area contributed by atoms with Crippen molar-refractivity contribution < 1.29 is 0 Å². The molecule has 0 N–H and O–H groups in total. The van der Waals surface area contributed by atoms with E-state index in [1.165, 1.54) is 114 Å². The van der Waals surface area contributed by atoms with Gasteiger partial charge < -0.3 is 9.47 Å². The van der Waals surface area contributed by atoms with Crippen molar-refractivity contribution in [3.63, 3.8) is 0 Å². The number of aromatic nitrogens is 1. The lowest BCUT2D eigenvalue weighted by atomic mass is 9.62. The number of rotatable bonds is 2. The van der Waals surface area contributed by atoms with E-state index in [4.69, 9.17) is 0 Å². The zero-order chi connectivity index (χ0) is 42.4. The van der Waals surface area contributed by atoms with Gasteiger partial charge in [-0.05, 0) is 126 Å². The molecule has 0 bridgehead atoms. The number of anilines is 3. The summed E-state index contributed by atoms with van der Waals surface area (Å²) in [4.78, 5) is 5.22. The van der Waals surface area contributed by atoms with Gasteiger partial charge in [0.05, 0.1) is 27.8 Å². The molecule has 302 valence electrons. The summed E-state index contributed by atoms with van der Waals surface area (Å²) in [7, 11) is -2.72. The zero-order valence-corrected chi connectivity index (χ0v) is 37.1. The third-order valence-corrected chi connectivity index (χ3v) is 21.1. The Morgan fingerprint density at radius 1 is 0.338 bits per heavy atom. The molecule has 10 aromatic carbocycles. The van der Waals surface area contributed by atoms with Crippen LogP contribution in [0.5, 0.6) is 0 Å². The minimum Gasteiger partial charge on any atom is -0.310 e. The molecule has 0 amide bonds. The molecule has 0 unspecified atom stereocenters. The molecule has 0 radical (unpaired) electrons. The molecule has 4 aliphatic rings. The standard InChI is InChI=1S/C61H38N2SSi/c1-2-18-39(19-3-1)62-51-27-11-4-20-41(51)46-37-50-54(38-53(46)62)63(52-28-12-8-24-47(52)61(50)48-25-9-13-29-55(48)64-56-30-14-10-26-49(56)61)40-34-35-45-44-23-7-17-33-59(44)65(60(45)36-40)57-31-15-5-21-42(57)43-22-6-16-32-58(43)65/h1-38H. The van der Waals surface area contributed by atoms with Crippen LogP contribution in [0.2, 0.25) is 0 Å². The zero-order valence-electron chi connectivity index (χ0n) is 35.2. The maximum Gasteiger partial charge on any atom is 0.182 e. The molecular formula is C61H38N2SSi. The summed E-state index contributed by atoms with van der Waals surface area (Å²) in [5.41, 5.74) is 17.3. The summed E-state index contributed by atoms with van der Waals surface area (Å²) in [6.07, 6.45) is 0. The molecule has 0 saturated carbocycles. The first kappa shape index (κ1) is 35.8. The minimum absolute atomic E-state index is 0.586. The van der Waals surface area contributed by atoms with Gasteiger partial charge in [-0.15, -0.1) is 0 Å². The second-order valence-electron chi connectivity index (χ2n) is 17.9. The van der Waals surface area contributed by atoms with Crippen molar-refractivity contribution in [3.05, 3.63) is 253 Å². The van der Waals surface area contributed by atoms with Crippen LogP contribution < -0.4 is 25.6 Å². The largest absolute Gasteiger partial charge is 0.310 e. The third kappa shape index (κ3) is 4.41. The molecule has 0 fully saturated rings. The van der Waals surface area contributed by atoms with Crippen LogP contribution in [0, 0.1) is 0 Å². The predicted molar refractivity (Wildman–Crippen MR) is 273 cm³/mol. The van der Waals surface area contributed by atoms with Gasteiger partial charge in [0, 0.05) is 31.9 Å². The van der Waals surface area contributed by atoms with Crippen molar-refractivity contribution >= 4 is 79.5 Å². The second-order valence-corrected chi connectivity index (χ2v) is 22.6. The lowest BCUT2D eigenvalue weighted by molar-refractivity contribution is 0.693. The van der Waals surface area contributed by atoms with Gasteiger partial charge in [0.2, 0.25) is 0 Å². The van der Waals surface area contributed by atoms with Crippen molar-refractivity contribution in [2.75, 3.05) is 4.90 Å². The molecule has 2 spiro atoms. The first-order valence-electron chi connectivity index (χ1n) is 22.6. The summed E-state index contributed by atoms with van der Waals surface area (Å²) in [5.74, 6) is 0. The topological polar surface area (TPSA) is 8.17 Å². The highest BCUT2D eigenvalue weighted by molar-refractivity contribution is 7.99. The summed E-state index contributed by atoms with van der Waals surface area (Å²) in [6, 6.07) is 87.8. The molecule has 0 saturated heterocycles. The Hall–Kier alpha value is -7.63. The van der Waals surface area contributed by atoms with Crippen LogP contribution >= 0.6 is 11.8 Å². The molecule has 5 heterocycles. The van der Waals surface area contributed by atoms with E-state index in [0.717, 1.165) is 5.69 Å². The third-order valence-electron chi connectivity index (χ3n) is 15.0. The molecule has 11 aromatic rings. The van der Waals surface area contributed by atoms with Crippen LogP contribution in [-0.4, -0.2) is 12.6 Å². The van der Waals surface area contributed by atoms with Gasteiger partial charge in [-0.2, -0.15) is 0 Å². The van der Waals surface area contributed by atoms with E-state index in [1.807, 2.05) is 11.8 Å². The summed E-state index contributed by atoms with van der Waals surface area (Å²) >= 11 is 1.90. The van der Waals surface area contributed by atoms with Crippen molar-refractivity contribution in [3.8, 4) is 27.9 Å². The number of nitrogens with zero attached hydrogens (tertiary/aromatic N) is 2. The average molecular weight is 859 g/mol. The summed E-state index contributed by atoms with van der Waals surface area (Å²) in [5, 5.41) is 8.45. The Bertz CT molecular complexity index is 3740. The maximum atomic E-state index is 2.62. The van der Waals surface area contributed by atoms with Crippen molar-refractivity contribution in [2.45, 2.75) is 15.2 Å². The van der Waals surface area contributed by atoms with Crippen LogP contribution in [0.4, 0.5) is 17.1 Å². The predicted octanol–water partition coefficient (Wildman–Crippen LogP) is 12.8.